The molecule has 0 spiro atoms. The van der Waals surface area contributed by atoms with Crippen LogP contribution < -0.4 is 39.3 Å². The van der Waals surface area contributed by atoms with E-state index in [1.54, 1.807) is 0 Å². The summed E-state index contributed by atoms with van der Waals surface area (Å²) in [5.74, 6) is -0.812. The van der Waals surface area contributed by atoms with Crippen LogP contribution >= 0.6 is 0 Å². The van der Waals surface area contributed by atoms with Crippen LogP contribution in [0.25, 0.3) is 0 Å². The van der Waals surface area contributed by atoms with Crippen LogP contribution in [0.4, 0.5) is 0 Å². The Bertz CT molecular complexity index is 975. The van der Waals surface area contributed by atoms with E-state index in [0.29, 0.717) is 6.42 Å². The topological polar surface area (TPSA) is 350 Å². The van der Waals surface area contributed by atoms with Gasteiger partial charge in [-0.05, 0) is 25.8 Å². The summed E-state index contributed by atoms with van der Waals surface area (Å²) in [5, 5.41) is 79.2. The molecule has 2 saturated heterocycles. The molecule has 0 aromatic rings. The van der Waals surface area contributed by atoms with Crippen LogP contribution in [-0.2, 0) is 23.7 Å². The van der Waals surface area contributed by atoms with Crippen LogP contribution in [0.3, 0.4) is 0 Å². The molecule has 2 heterocycles. The van der Waals surface area contributed by atoms with Crippen molar-refractivity contribution in [3.8, 4) is 0 Å². The Hall–Kier alpha value is -1.21. The highest BCUT2D eigenvalue weighted by Gasteiger charge is 2.59. The Morgan fingerprint density at radius 3 is 2.18 bits per heavy atom. The van der Waals surface area contributed by atoms with Gasteiger partial charge in [0.2, 0.25) is 0 Å². The number of carbonyl (C=O) groups excluding carboxylic acids is 1. The number of aliphatic hydroxyl groups excluding tert-OH is 6. The molecule has 19 heteroatoms. The van der Waals surface area contributed by atoms with Gasteiger partial charge in [0.05, 0.1) is 43.0 Å². The largest absolute Gasteiger partial charge is 0.394 e. The van der Waals surface area contributed by atoms with Crippen molar-refractivity contribution in [1.82, 2.24) is 10.6 Å². The van der Waals surface area contributed by atoms with E-state index in [-0.39, 0.29) is 38.9 Å². The minimum Gasteiger partial charge on any atom is -0.394 e. The smallest absolute Gasteiger partial charge is 0.253 e. The zero-order chi connectivity index (χ0) is 33.2. The fourth-order valence-corrected chi connectivity index (χ4v) is 6.09. The van der Waals surface area contributed by atoms with Crippen molar-refractivity contribution in [3.05, 3.63) is 0 Å². The van der Waals surface area contributed by atoms with Crippen LogP contribution in [0.1, 0.15) is 25.7 Å². The van der Waals surface area contributed by atoms with Gasteiger partial charge in [0.15, 0.2) is 18.2 Å². The molecule has 2 aliphatic carbocycles. The summed E-state index contributed by atoms with van der Waals surface area (Å²) < 4.78 is 23.7. The molecule has 4 fully saturated rings. The molecular weight excluding hydrogens is 602 g/mol. The van der Waals surface area contributed by atoms with E-state index in [0.717, 1.165) is 0 Å². The number of aliphatic hydroxyl groups is 7. The fourth-order valence-electron chi connectivity index (χ4n) is 6.09. The number of carbonyl (C=O) groups is 1. The first-order chi connectivity index (χ1) is 21.2. The van der Waals surface area contributed by atoms with Gasteiger partial charge in [-0.2, -0.15) is 0 Å². The highest BCUT2D eigenvalue weighted by molar-refractivity contribution is 5.89. The molecule has 0 aromatic carbocycles. The summed E-state index contributed by atoms with van der Waals surface area (Å²) in [6.45, 7) is -0.333. The lowest BCUT2D eigenvalue weighted by Crippen LogP contribution is -2.69. The number of nitrogens with one attached hydrogen (secondary N) is 2. The van der Waals surface area contributed by atoms with Crippen molar-refractivity contribution in [1.29, 1.82) is 0 Å². The van der Waals surface area contributed by atoms with Crippen molar-refractivity contribution >= 4 is 5.91 Å². The summed E-state index contributed by atoms with van der Waals surface area (Å²) in [6, 6.07) is -4.76. The summed E-state index contributed by atoms with van der Waals surface area (Å²) in [4.78, 5) is 12.9. The average Bonchev–Trinajstić information content (AvgIpc) is 3.63. The maximum Gasteiger partial charge on any atom is 0.253 e. The highest BCUT2D eigenvalue weighted by Crippen LogP contribution is 2.36. The Kier molecular flexibility index (Phi) is 12.5. The number of amides is 1. The van der Waals surface area contributed by atoms with E-state index in [1.807, 2.05) is 0 Å². The monoisotopic (exact) mass is 653 g/mol. The lowest BCUT2D eigenvalue weighted by Gasteiger charge is -2.49. The first kappa shape index (κ1) is 36.6. The van der Waals surface area contributed by atoms with E-state index < -0.39 is 116 Å². The van der Waals surface area contributed by atoms with Crippen molar-refractivity contribution in [3.63, 3.8) is 0 Å². The fraction of sp³-hybridized carbons (Fsp3) is 0.962. The van der Waals surface area contributed by atoms with Crippen LogP contribution in [-0.4, -0.2) is 171 Å². The molecule has 19 nitrogen and oxygen atoms in total. The van der Waals surface area contributed by atoms with Crippen molar-refractivity contribution in [2.75, 3.05) is 26.2 Å². The lowest BCUT2D eigenvalue weighted by molar-refractivity contribution is -0.316. The third-order valence-electron chi connectivity index (χ3n) is 9.14. The number of hydrogen-bond donors (Lipinski definition) is 14. The molecule has 2 aliphatic heterocycles. The molecule has 0 radical (unpaired) electrons. The Labute approximate surface area is 260 Å². The molecule has 4 unspecified atom stereocenters. The molecule has 17 atom stereocenters. The number of nitrogens with two attached hydrogens (primary N) is 5. The molecule has 0 bridgehead atoms. The highest BCUT2D eigenvalue weighted by atomic mass is 16.7. The molecule has 262 valence electrons. The van der Waals surface area contributed by atoms with Gasteiger partial charge >= 0.3 is 0 Å². The lowest BCUT2D eigenvalue weighted by atomic mass is 9.83. The standard InChI is InChI=1S/C26H51N7O12/c27-2-1-9(35)7-32-12-4-13(36)14(6-28)42-23(12)44-21-10(29)3-11(33-25(40)26(41)5-16(26)30)22(20(21)39)45-24-19(38)17(31)18(37)15(8-34)43-24/h9-24,32,34-39,41H,1-8,27-31H2,(H,33,40)/t9?,10-,11+,12+,13-,14+,15+,16?,17-,18+,19+,20-,21?,22-,23+,24+,26?/m0/s1. The molecule has 2 saturated carbocycles. The van der Waals surface area contributed by atoms with Gasteiger partial charge < -0.3 is 94.0 Å². The molecule has 1 amide bonds. The quantitative estimate of drug-likeness (QED) is 0.0877. The summed E-state index contributed by atoms with van der Waals surface area (Å²) in [7, 11) is 0. The third-order valence-corrected chi connectivity index (χ3v) is 9.14. The minimum atomic E-state index is -1.82. The van der Waals surface area contributed by atoms with E-state index in [4.69, 9.17) is 47.6 Å². The SMILES string of the molecule is NCCC(O)CN[C@@H]1C[C@H](O)[C@@H](CN)O[C@@H]1OC1[C@@H](N)C[C@@H](NC(=O)C2(O)CC2N)[C@H](O[C@H]2O[C@H](CO)[C@@H](O)[C@H](N)[C@H]2O)[C@H]1O. The van der Waals surface area contributed by atoms with Crippen LogP contribution in [0.2, 0.25) is 0 Å². The Morgan fingerprint density at radius 1 is 0.933 bits per heavy atom. The van der Waals surface area contributed by atoms with Crippen molar-refractivity contribution < 1.29 is 59.5 Å². The van der Waals surface area contributed by atoms with Gasteiger partial charge in [-0.1, -0.05) is 0 Å². The number of hydrogen-bond acceptors (Lipinski definition) is 18. The summed E-state index contributed by atoms with van der Waals surface area (Å²) in [6.07, 6.45) is -13.3. The first-order valence-corrected chi connectivity index (χ1v) is 15.3. The maximum absolute atomic E-state index is 12.9. The molecule has 0 aromatic heterocycles. The maximum atomic E-state index is 12.9. The molecule has 4 aliphatic rings. The second kappa shape index (κ2) is 15.3. The summed E-state index contributed by atoms with van der Waals surface area (Å²) in [5.41, 5.74) is 27.6. The Balaban J connectivity index is 1.56. The Morgan fingerprint density at radius 2 is 1.58 bits per heavy atom. The van der Waals surface area contributed by atoms with Crippen LogP contribution in [0.5, 0.6) is 0 Å². The van der Waals surface area contributed by atoms with Crippen LogP contribution in [0, 0.1) is 0 Å². The zero-order valence-corrected chi connectivity index (χ0v) is 25.0. The normalized spacial score (nSPS) is 47.7. The van der Waals surface area contributed by atoms with Gasteiger partial charge in [-0.25, -0.2) is 0 Å². The molecule has 4 rings (SSSR count). The summed E-state index contributed by atoms with van der Waals surface area (Å²) >= 11 is 0. The van der Waals surface area contributed by atoms with E-state index in [1.165, 1.54) is 0 Å². The zero-order valence-electron chi connectivity index (χ0n) is 25.0. The predicted molar refractivity (Wildman–Crippen MR) is 153 cm³/mol. The van der Waals surface area contributed by atoms with Gasteiger partial charge in [0.25, 0.3) is 5.91 Å². The van der Waals surface area contributed by atoms with Gasteiger partial charge in [0, 0.05) is 31.6 Å². The number of ether oxygens (including phenoxy) is 4. The van der Waals surface area contributed by atoms with Crippen molar-refractivity contribution in [2.45, 2.75) is 129 Å². The third kappa shape index (κ3) is 8.09. The first-order valence-electron chi connectivity index (χ1n) is 15.3. The van der Waals surface area contributed by atoms with Gasteiger partial charge in [0.1, 0.15) is 36.6 Å². The van der Waals surface area contributed by atoms with E-state index in [9.17, 15) is 40.5 Å². The van der Waals surface area contributed by atoms with Crippen LogP contribution in [0.15, 0.2) is 0 Å². The second-order valence-corrected chi connectivity index (χ2v) is 12.5. The molecule has 19 N–H and O–H groups in total. The van der Waals surface area contributed by atoms with Crippen molar-refractivity contribution in [2.24, 2.45) is 28.7 Å². The predicted octanol–water partition coefficient (Wildman–Crippen LogP) is -8.34. The van der Waals surface area contributed by atoms with Gasteiger partial charge in [-0.3, -0.25) is 4.79 Å². The van der Waals surface area contributed by atoms with Gasteiger partial charge in [-0.15, -0.1) is 0 Å². The minimum absolute atomic E-state index is 0.0222. The van der Waals surface area contributed by atoms with E-state index in [2.05, 4.69) is 10.6 Å². The second-order valence-electron chi connectivity index (χ2n) is 12.5. The average molecular weight is 654 g/mol. The number of rotatable bonds is 13. The molecular formula is C26H51N7O12. The van der Waals surface area contributed by atoms with E-state index >= 15 is 0 Å². The molecule has 45 heavy (non-hydrogen) atoms.